The minimum atomic E-state index is -0.830. The number of hydrogen-bond acceptors (Lipinski definition) is 4. The van der Waals surface area contributed by atoms with Gasteiger partial charge in [-0.15, -0.1) is 0 Å². The van der Waals surface area contributed by atoms with Crippen LogP contribution in [-0.2, 0) is 11.3 Å². The van der Waals surface area contributed by atoms with Crippen molar-refractivity contribution in [2.45, 2.75) is 46.6 Å². The molecule has 32 heavy (non-hydrogen) atoms. The molecule has 1 aliphatic carbocycles. The number of aliphatic hydroxyl groups is 1. The minimum Gasteiger partial charge on any atom is -0.512 e. The van der Waals surface area contributed by atoms with Crippen molar-refractivity contribution in [3.8, 4) is 0 Å². The summed E-state index contributed by atoms with van der Waals surface area (Å²) in [5.74, 6) is 0.156. The Morgan fingerprint density at radius 3 is 2.56 bits per heavy atom. The van der Waals surface area contributed by atoms with E-state index in [1.54, 1.807) is 38.4 Å². The molecule has 0 spiro atoms. The molecule has 0 radical (unpaired) electrons. The number of benzene rings is 1. The number of pyridine rings is 1. The zero-order valence-electron chi connectivity index (χ0n) is 18.9. The standard InChI is InChI=1S/C27H30N2O3/c1-4-20-15-23(8-5-9-24(20)30)21-10-12-22(13-11-21)25(31)16-27(2,3)26(32)29-18-19-7-6-14-28-17-19/h5-8,10-15,17,30H,4,9,16,18H2,1-3H3,(H,29,32). The third-order valence-corrected chi connectivity index (χ3v) is 5.62. The molecule has 0 saturated heterocycles. The number of Topliss-reactive ketones (excluding diaryl/α,β-unsaturated/α-hetero) is 1. The molecule has 0 unspecified atom stereocenters. The van der Waals surface area contributed by atoms with Gasteiger partial charge in [-0.25, -0.2) is 0 Å². The number of allylic oxidation sites excluding steroid dienone is 5. The average molecular weight is 431 g/mol. The Balaban J connectivity index is 1.65. The maximum atomic E-state index is 12.9. The normalized spacial score (nSPS) is 14.0. The lowest BCUT2D eigenvalue weighted by molar-refractivity contribution is -0.129. The molecule has 1 aromatic carbocycles. The maximum Gasteiger partial charge on any atom is 0.226 e. The van der Waals surface area contributed by atoms with Gasteiger partial charge in [0.25, 0.3) is 0 Å². The SMILES string of the molecule is CCC1=C(O)CC=CC(c2ccc(C(=O)CC(C)(C)C(=O)NCc3cccnc3)cc2)=C1. The van der Waals surface area contributed by atoms with Crippen LogP contribution in [0.1, 0.15) is 61.5 Å². The van der Waals surface area contributed by atoms with E-state index in [2.05, 4.69) is 10.3 Å². The van der Waals surface area contributed by atoms with Crippen molar-refractivity contribution in [3.05, 3.63) is 95.0 Å². The number of rotatable bonds is 8. The van der Waals surface area contributed by atoms with Crippen LogP contribution in [0.3, 0.4) is 0 Å². The Morgan fingerprint density at radius 2 is 1.91 bits per heavy atom. The number of carbonyl (C=O) groups excluding carboxylic acids is 2. The van der Waals surface area contributed by atoms with E-state index >= 15 is 0 Å². The molecule has 2 N–H and O–H groups in total. The smallest absolute Gasteiger partial charge is 0.226 e. The van der Waals surface area contributed by atoms with E-state index < -0.39 is 5.41 Å². The van der Waals surface area contributed by atoms with Crippen LogP contribution in [0.25, 0.3) is 5.57 Å². The first-order valence-electron chi connectivity index (χ1n) is 10.9. The summed E-state index contributed by atoms with van der Waals surface area (Å²) in [5, 5.41) is 13.0. The number of nitrogens with one attached hydrogen (secondary N) is 1. The van der Waals surface area contributed by atoms with Gasteiger partial charge in [0, 0.05) is 37.3 Å². The average Bonchev–Trinajstić information content (AvgIpc) is 2.99. The summed E-state index contributed by atoms with van der Waals surface area (Å²) in [4.78, 5) is 29.6. The highest BCUT2D eigenvalue weighted by atomic mass is 16.3. The van der Waals surface area contributed by atoms with Gasteiger partial charge >= 0.3 is 0 Å². The molecule has 1 aliphatic rings. The number of ketones is 1. The summed E-state index contributed by atoms with van der Waals surface area (Å²) >= 11 is 0. The van der Waals surface area contributed by atoms with Gasteiger partial charge in [-0.2, -0.15) is 0 Å². The van der Waals surface area contributed by atoms with Crippen LogP contribution in [0.5, 0.6) is 0 Å². The molecule has 1 aromatic heterocycles. The van der Waals surface area contributed by atoms with Crippen LogP contribution >= 0.6 is 0 Å². The van der Waals surface area contributed by atoms with Gasteiger partial charge in [-0.05, 0) is 40.8 Å². The molecule has 2 aromatic rings. The summed E-state index contributed by atoms with van der Waals surface area (Å²) in [7, 11) is 0. The summed E-state index contributed by atoms with van der Waals surface area (Å²) < 4.78 is 0. The van der Waals surface area contributed by atoms with E-state index in [4.69, 9.17) is 0 Å². The quantitative estimate of drug-likeness (QED) is 0.537. The molecular formula is C27H30N2O3. The molecule has 0 saturated carbocycles. The molecule has 3 rings (SSSR count). The van der Waals surface area contributed by atoms with Gasteiger partial charge in [0.2, 0.25) is 5.91 Å². The Kier molecular flexibility index (Phi) is 7.41. The van der Waals surface area contributed by atoms with Gasteiger partial charge in [-0.1, -0.05) is 63.3 Å². The number of aromatic nitrogens is 1. The van der Waals surface area contributed by atoms with Crippen LogP contribution in [0, 0.1) is 5.41 Å². The van der Waals surface area contributed by atoms with E-state index in [0.717, 1.165) is 28.7 Å². The Hall–Kier alpha value is -3.47. The van der Waals surface area contributed by atoms with Crippen molar-refractivity contribution < 1.29 is 14.7 Å². The zero-order valence-corrected chi connectivity index (χ0v) is 18.9. The van der Waals surface area contributed by atoms with Gasteiger partial charge < -0.3 is 10.4 Å². The third-order valence-electron chi connectivity index (χ3n) is 5.62. The number of nitrogens with zero attached hydrogens (tertiary/aromatic N) is 1. The summed E-state index contributed by atoms with van der Waals surface area (Å²) in [5.41, 5.74) is 3.56. The molecule has 0 aliphatic heterocycles. The van der Waals surface area contributed by atoms with Crippen LogP contribution in [0.4, 0.5) is 0 Å². The van der Waals surface area contributed by atoms with Crippen molar-refractivity contribution in [3.63, 3.8) is 0 Å². The van der Waals surface area contributed by atoms with E-state index in [-0.39, 0.29) is 18.1 Å². The fourth-order valence-electron chi connectivity index (χ4n) is 3.59. The first-order valence-corrected chi connectivity index (χ1v) is 10.9. The van der Waals surface area contributed by atoms with Crippen molar-refractivity contribution in [1.29, 1.82) is 0 Å². The second kappa shape index (κ2) is 10.2. The maximum absolute atomic E-state index is 12.9. The van der Waals surface area contributed by atoms with Crippen molar-refractivity contribution in [1.82, 2.24) is 10.3 Å². The molecule has 1 amide bonds. The minimum absolute atomic E-state index is 0.0738. The lowest BCUT2D eigenvalue weighted by atomic mass is 9.84. The highest BCUT2D eigenvalue weighted by molar-refractivity contribution is 5.99. The third kappa shape index (κ3) is 5.82. The predicted molar refractivity (Wildman–Crippen MR) is 127 cm³/mol. The summed E-state index contributed by atoms with van der Waals surface area (Å²) in [6, 6.07) is 11.1. The molecule has 1 heterocycles. The molecular weight excluding hydrogens is 400 g/mol. The molecule has 0 fully saturated rings. The predicted octanol–water partition coefficient (Wildman–Crippen LogP) is 5.56. The number of amides is 1. The second-order valence-corrected chi connectivity index (χ2v) is 8.64. The highest BCUT2D eigenvalue weighted by Gasteiger charge is 2.30. The molecule has 5 heteroatoms. The van der Waals surface area contributed by atoms with Crippen LogP contribution in [0.2, 0.25) is 0 Å². The van der Waals surface area contributed by atoms with Crippen molar-refractivity contribution >= 4 is 17.3 Å². The second-order valence-electron chi connectivity index (χ2n) is 8.64. The fourth-order valence-corrected chi connectivity index (χ4v) is 3.59. The molecule has 5 nitrogen and oxygen atoms in total. The number of aliphatic hydroxyl groups excluding tert-OH is 1. The van der Waals surface area contributed by atoms with Gasteiger partial charge in [0.1, 0.15) is 0 Å². The number of carbonyl (C=O) groups is 2. The Bertz CT molecular complexity index is 1060. The summed E-state index contributed by atoms with van der Waals surface area (Å²) in [6.45, 7) is 5.96. The Morgan fingerprint density at radius 1 is 1.16 bits per heavy atom. The van der Waals surface area contributed by atoms with Gasteiger partial charge in [-0.3, -0.25) is 14.6 Å². The van der Waals surface area contributed by atoms with Crippen LogP contribution < -0.4 is 5.32 Å². The molecule has 0 bridgehead atoms. The topological polar surface area (TPSA) is 79.3 Å². The molecule has 166 valence electrons. The highest BCUT2D eigenvalue weighted by Crippen LogP contribution is 2.27. The summed E-state index contributed by atoms with van der Waals surface area (Å²) in [6.07, 6.45) is 10.7. The van der Waals surface area contributed by atoms with Gasteiger partial charge in [0.05, 0.1) is 11.2 Å². The van der Waals surface area contributed by atoms with Crippen LogP contribution in [-0.4, -0.2) is 21.8 Å². The van der Waals surface area contributed by atoms with Crippen molar-refractivity contribution in [2.75, 3.05) is 0 Å². The Labute approximate surface area is 189 Å². The first kappa shape index (κ1) is 23.2. The van der Waals surface area contributed by atoms with E-state index in [9.17, 15) is 14.7 Å². The van der Waals surface area contributed by atoms with Gasteiger partial charge in [0.15, 0.2) is 5.78 Å². The lowest BCUT2D eigenvalue weighted by Gasteiger charge is -2.23. The van der Waals surface area contributed by atoms with E-state index in [1.165, 1.54) is 0 Å². The lowest BCUT2D eigenvalue weighted by Crippen LogP contribution is -2.38. The largest absolute Gasteiger partial charge is 0.512 e. The van der Waals surface area contributed by atoms with Crippen LogP contribution in [0.15, 0.2) is 78.4 Å². The van der Waals surface area contributed by atoms with Crippen molar-refractivity contribution in [2.24, 2.45) is 5.41 Å². The van der Waals surface area contributed by atoms with E-state index in [0.29, 0.717) is 24.3 Å². The monoisotopic (exact) mass is 430 g/mol. The zero-order chi connectivity index (χ0) is 23.1. The fraction of sp³-hybridized carbons (Fsp3) is 0.296. The number of hydrogen-bond donors (Lipinski definition) is 2. The van der Waals surface area contributed by atoms with E-state index in [1.807, 2.05) is 49.4 Å². The molecule has 0 atom stereocenters. The first-order chi connectivity index (χ1) is 15.3.